The molecule has 1 saturated heterocycles. The Morgan fingerprint density at radius 3 is 2.85 bits per heavy atom. The molecule has 1 fully saturated rings. The van der Waals surface area contributed by atoms with Crippen LogP contribution in [0.25, 0.3) is 0 Å². The lowest BCUT2D eigenvalue weighted by molar-refractivity contribution is 0.312. The van der Waals surface area contributed by atoms with Gasteiger partial charge in [-0.25, -0.2) is 0 Å². The lowest BCUT2D eigenvalue weighted by Crippen LogP contribution is -2.20. The molecule has 20 heavy (non-hydrogen) atoms. The number of nitrogens with zero attached hydrogens (tertiary/aromatic N) is 2. The maximum Gasteiger partial charge on any atom is 0.0765 e. The van der Waals surface area contributed by atoms with E-state index in [0.29, 0.717) is 0 Å². The number of halogens is 1. The number of rotatable bonds is 4. The van der Waals surface area contributed by atoms with Crippen LogP contribution in [0, 0.1) is 12.8 Å². The molecule has 1 aliphatic heterocycles. The molecule has 1 atom stereocenters. The van der Waals surface area contributed by atoms with Gasteiger partial charge in [-0.2, -0.15) is 5.10 Å². The molecule has 1 aromatic heterocycles. The van der Waals surface area contributed by atoms with Gasteiger partial charge in [-0.05, 0) is 56.0 Å². The fourth-order valence-electron chi connectivity index (χ4n) is 2.96. The summed E-state index contributed by atoms with van der Waals surface area (Å²) in [6, 6.07) is 10.4. The highest BCUT2D eigenvalue weighted by molar-refractivity contribution is 6.30. The van der Waals surface area contributed by atoms with Crippen molar-refractivity contribution >= 4 is 11.6 Å². The molecule has 0 spiro atoms. The van der Waals surface area contributed by atoms with Crippen LogP contribution in [0.15, 0.2) is 30.3 Å². The number of nitrogens with one attached hydrogen (secondary N) is 1. The van der Waals surface area contributed by atoms with E-state index in [1.54, 1.807) is 0 Å². The summed E-state index contributed by atoms with van der Waals surface area (Å²) in [5.41, 5.74) is 3.67. The van der Waals surface area contributed by atoms with E-state index in [9.17, 15) is 0 Å². The zero-order valence-corrected chi connectivity index (χ0v) is 12.5. The molecule has 2 heterocycles. The summed E-state index contributed by atoms with van der Waals surface area (Å²) in [5, 5.41) is 8.14. The van der Waals surface area contributed by atoms with Crippen molar-refractivity contribution in [1.29, 1.82) is 0 Å². The van der Waals surface area contributed by atoms with Crippen molar-refractivity contribution in [2.75, 3.05) is 13.1 Å². The monoisotopic (exact) mass is 289 g/mol. The van der Waals surface area contributed by atoms with E-state index in [1.807, 2.05) is 19.1 Å². The summed E-state index contributed by atoms with van der Waals surface area (Å²) in [6.07, 6.45) is 2.42. The highest BCUT2D eigenvalue weighted by atomic mass is 35.5. The zero-order chi connectivity index (χ0) is 13.9. The van der Waals surface area contributed by atoms with Crippen molar-refractivity contribution in [3.8, 4) is 0 Å². The third-order valence-electron chi connectivity index (χ3n) is 3.95. The smallest absolute Gasteiger partial charge is 0.0765 e. The molecular weight excluding hydrogens is 270 g/mol. The van der Waals surface area contributed by atoms with E-state index >= 15 is 0 Å². The molecule has 1 aromatic carbocycles. The van der Waals surface area contributed by atoms with Crippen molar-refractivity contribution in [3.63, 3.8) is 0 Å². The highest BCUT2D eigenvalue weighted by Gasteiger charge is 2.23. The summed E-state index contributed by atoms with van der Waals surface area (Å²) in [7, 11) is 0. The summed E-state index contributed by atoms with van der Waals surface area (Å²) < 4.78 is 0. The van der Waals surface area contributed by atoms with Gasteiger partial charge in [0.05, 0.1) is 5.69 Å². The third-order valence-corrected chi connectivity index (χ3v) is 4.20. The third kappa shape index (κ3) is 3.41. The highest BCUT2D eigenvalue weighted by Crippen LogP contribution is 2.23. The van der Waals surface area contributed by atoms with E-state index in [-0.39, 0.29) is 0 Å². The number of aromatic amines is 1. The van der Waals surface area contributed by atoms with Gasteiger partial charge in [-0.3, -0.25) is 10.00 Å². The Labute approximate surface area is 124 Å². The van der Waals surface area contributed by atoms with Gasteiger partial charge in [0.15, 0.2) is 0 Å². The molecule has 1 aliphatic rings. The van der Waals surface area contributed by atoms with Gasteiger partial charge in [0, 0.05) is 23.8 Å². The summed E-state index contributed by atoms with van der Waals surface area (Å²) in [4.78, 5) is 2.50. The fourth-order valence-corrected chi connectivity index (χ4v) is 3.09. The van der Waals surface area contributed by atoms with Crippen molar-refractivity contribution in [2.45, 2.75) is 26.3 Å². The van der Waals surface area contributed by atoms with Crippen LogP contribution in [0.4, 0.5) is 0 Å². The van der Waals surface area contributed by atoms with Crippen molar-refractivity contribution in [2.24, 2.45) is 5.92 Å². The Bertz CT molecular complexity index is 561. The minimum Gasteiger partial charge on any atom is -0.297 e. The maximum atomic E-state index is 5.93. The minimum absolute atomic E-state index is 0.746. The molecule has 106 valence electrons. The molecule has 2 aromatic rings. The van der Waals surface area contributed by atoms with Crippen molar-refractivity contribution in [3.05, 3.63) is 52.3 Å². The standard InChI is InChI=1S/C16H20ClN3/c1-12-8-16(19-18-12)11-20-7-6-14(10-20)9-13-2-4-15(17)5-3-13/h2-5,8,14H,6-7,9-11H2,1H3,(H,18,19). The van der Waals surface area contributed by atoms with Gasteiger partial charge in [-0.15, -0.1) is 0 Å². The number of hydrogen-bond donors (Lipinski definition) is 1. The Hall–Kier alpha value is -1.32. The van der Waals surface area contributed by atoms with Gasteiger partial charge in [0.1, 0.15) is 0 Å². The zero-order valence-electron chi connectivity index (χ0n) is 11.8. The van der Waals surface area contributed by atoms with Crippen LogP contribution in [-0.4, -0.2) is 28.2 Å². The topological polar surface area (TPSA) is 31.9 Å². The number of aromatic nitrogens is 2. The second-order valence-electron chi connectivity index (χ2n) is 5.76. The number of likely N-dealkylation sites (tertiary alicyclic amines) is 1. The van der Waals surface area contributed by atoms with Gasteiger partial charge >= 0.3 is 0 Å². The lowest BCUT2D eigenvalue weighted by Gasteiger charge is -2.14. The summed E-state index contributed by atoms with van der Waals surface area (Å²) >= 11 is 5.93. The first-order chi connectivity index (χ1) is 9.69. The average Bonchev–Trinajstić information content (AvgIpc) is 3.02. The number of benzene rings is 1. The van der Waals surface area contributed by atoms with Crippen molar-refractivity contribution < 1.29 is 0 Å². The summed E-state index contributed by atoms with van der Waals surface area (Å²) in [5.74, 6) is 0.746. The van der Waals surface area contributed by atoms with Crippen LogP contribution in [0.2, 0.25) is 5.02 Å². The molecule has 1 unspecified atom stereocenters. The first-order valence-corrected chi connectivity index (χ1v) is 7.54. The van der Waals surface area contributed by atoms with Crippen molar-refractivity contribution in [1.82, 2.24) is 15.1 Å². The molecule has 0 aliphatic carbocycles. The quantitative estimate of drug-likeness (QED) is 0.935. The van der Waals surface area contributed by atoms with Gasteiger partial charge in [-0.1, -0.05) is 23.7 Å². The SMILES string of the molecule is Cc1cc(CN2CCC(Cc3ccc(Cl)cc3)C2)n[nH]1. The van der Waals surface area contributed by atoms with Gasteiger partial charge in [0.2, 0.25) is 0 Å². The Balaban J connectivity index is 1.53. The molecule has 3 nitrogen and oxygen atoms in total. The predicted molar refractivity (Wildman–Crippen MR) is 81.9 cm³/mol. The largest absolute Gasteiger partial charge is 0.297 e. The van der Waals surface area contributed by atoms with Crippen LogP contribution in [0.5, 0.6) is 0 Å². The fraction of sp³-hybridized carbons (Fsp3) is 0.438. The van der Waals surface area contributed by atoms with E-state index < -0.39 is 0 Å². The van der Waals surface area contributed by atoms with Gasteiger partial charge in [0.25, 0.3) is 0 Å². The van der Waals surface area contributed by atoms with Crippen LogP contribution in [-0.2, 0) is 13.0 Å². The lowest BCUT2D eigenvalue weighted by atomic mass is 9.99. The number of H-pyrrole nitrogens is 1. The van der Waals surface area contributed by atoms with Crippen LogP contribution >= 0.6 is 11.6 Å². The minimum atomic E-state index is 0.746. The van der Waals surface area contributed by atoms with E-state index in [0.717, 1.165) is 41.8 Å². The first kappa shape index (κ1) is 13.7. The molecule has 0 amide bonds. The summed E-state index contributed by atoms with van der Waals surface area (Å²) in [6.45, 7) is 5.34. The maximum absolute atomic E-state index is 5.93. The molecule has 3 rings (SSSR count). The van der Waals surface area contributed by atoms with E-state index in [1.165, 1.54) is 18.5 Å². The Kier molecular flexibility index (Phi) is 4.08. The molecule has 1 N–H and O–H groups in total. The second-order valence-corrected chi connectivity index (χ2v) is 6.20. The second kappa shape index (κ2) is 5.98. The normalized spacial score (nSPS) is 19.6. The Morgan fingerprint density at radius 1 is 1.35 bits per heavy atom. The predicted octanol–water partition coefficient (Wildman–Crippen LogP) is 3.44. The molecule has 0 bridgehead atoms. The van der Waals surface area contributed by atoms with Gasteiger partial charge < -0.3 is 0 Å². The van der Waals surface area contributed by atoms with E-state index in [2.05, 4.69) is 33.3 Å². The van der Waals surface area contributed by atoms with Crippen LogP contribution in [0.1, 0.15) is 23.4 Å². The van der Waals surface area contributed by atoms with E-state index in [4.69, 9.17) is 11.6 Å². The van der Waals surface area contributed by atoms with Crippen LogP contribution < -0.4 is 0 Å². The number of hydrogen-bond acceptors (Lipinski definition) is 2. The first-order valence-electron chi connectivity index (χ1n) is 7.17. The molecule has 0 radical (unpaired) electrons. The molecule has 4 heteroatoms. The molecular formula is C16H20ClN3. The van der Waals surface area contributed by atoms with Crippen LogP contribution in [0.3, 0.4) is 0 Å². The Morgan fingerprint density at radius 2 is 2.15 bits per heavy atom. The average molecular weight is 290 g/mol. The molecule has 0 saturated carbocycles. The number of aryl methyl sites for hydroxylation is 1.